The summed E-state index contributed by atoms with van der Waals surface area (Å²) < 4.78 is 27.7. The fraction of sp³-hybridized carbons (Fsp3) is 0.632. The molecule has 2 N–H and O–H groups in total. The number of rotatable bonds is 3. The normalized spacial score (nSPS) is 24.4. The fourth-order valence-electron chi connectivity index (χ4n) is 3.83. The van der Waals surface area contributed by atoms with Gasteiger partial charge in [-0.3, -0.25) is 4.79 Å². The highest BCUT2D eigenvalue weighted by molar-refractivity contribution is 7.89. The molecular formula is C19H29N3O3S. The van der Waals surface area contributed by atoms with E-state index in [4.69, 9.17) is 5.73 Å². The smallest absolute Gasteiger partial charge is 0.255 e. The lowest BCUT2D eigenvalue weighted by Crippen LogP contribution is -2.54. The number of hydrogen-bond donors (Lipinski definition) is 1. The van der Waals surface area contributed by atoms with E-state index in [1.165, 1.54) is 4.31 Å². The molecule has 2 saturated heterocycles. The van der Waals surface area contributed by atoms with Crippen molar-refractivity contribution in [3.8, 4) is 0 Å². The van der Waals surface area contributed by atoms with Gasteiger partial charge in [0.1, 0.15) is 0 Å². The zero-order valence-corrected chi connectivity index (χ0v) is 16.5. The number of nitrogens with zero attached hydrogens (tertiary/aromatic N) is 2. The molecule has 6 nitrogen and oxygen atoms in total. The van der Waals surface area contributed by atoms with Crippen molar-refractivity contribution < 1.29 is 13.2 Å². The van der Waals surface area contributed by atoms with Crippen molar-refractivity contribution in [1.82, 2.24) is 9.21 Å². The van der Waals surface area contributed by atoms with Crippen LogP contribution >= 0.6 is 0 Å². The summed E-state index contributed by atoms with van der Waals surface area (Å²) in [4.78, 5) is 15.0. The Hall–Kier alpha value is -1.44. The number of hydrogen-bond acceptors (Lipinski definition) is 4. The van der Waals surface area contributed by atoms with Gasteiger partial charge in [-0.05, 0) is 36.8 Å². The van der Waals surface area contributed by atoms with Crippen molar-refractivity contribution in [2.75, 3.05) is 26.2 Å². The summed E-state index contributed by atoms with van der Waals surface area (Å²) in [6.07, 6.45) is 3.51. The number of carbonyl (C=O) groups is 1. The third-order valence-corrected chi connectivity index (χ3v) is 7.61. The van der Waals surface area contributed by atoms with Gasteiger partial charge < -0.3 is 10.6 Å². The maximum absolute atomic E-state index is 13.1. The van der Waals surface area contributed by atoms with Crippen LogP contribution in [0.3, 0.4) is 0 Å². The first kappa shape index (κ1) is 19.3. The van der Waals surface area contributed by atoms with Crippen molar-refractivity contribution in [2.24, 2.45) is 11.1 Å². The molecule has 0 radical (unpaired) electrons. The molecule has 3 rings (SSSR count). The topological polar surface area (TPSA) is 83.7 Å². The molecular weight excluding hydrogens is 350 g/mol. The Morgan fingerprint density at radius 2 is 1.77 bits per heavy atom. The van der Waals surface area contributed by atoms with Crippen LogP contribution in [-0.2, 0) is 10.0 Å². The predicted molar refractivity (Wildman–Crippen MR) is 101 cm³/mol. The number of piperidine rings is 2. The molecule has 1 unspecified atom stereocenters. The summed E-state index contributed by atoms with van der Waals surface area (Å²) >= 11 is 0. The Bertz CT molecular complexity index is 770. The highest BCUT2D eigenvalue weighted by Gasteiger charge is 2.37. The first-order chi connectivity index (χ1) is 12.2. The van der Waals surface area contributed by atoms with Gasteiger partial charge in [0.25, 0.3) is 5.91 Å². The summed E-state index contributed by atoms with van der Waals surface area (Å²) in [6, 6.07) is 6.63. The first-order valence-corrected chi connectivity index (χ1v) is 10.8. The Labute approximate surface area is 156 Å². The summed E-state index contributed by atoms with van der Waals surface area (Å²) in [5, 5.41) is 0. The SMILES string of the molecule is CC1(C)CN(C(=O)c2ccccc2S(=O)(=O)N2CCCCC2)CCC1N. The lowest BCUT2D eigenvalue weighted by Gasteiger charge is -2.42. The second kappa shape index (κ2) is 7.29. The molecule has 1 atom stereocenters. The van der Waals surface area contributed by atoms with Crippen LogP contribution in [0.1, 0.15) is 49.9 Å². The van der Waals surface area contributed by atoms with E-state index in [1.54, 1.807) is 29.2 Å². The van der Waals surface area contributed by atoms with Gasteiger partial charge in [-0.15, -0.1) is 0 Å². The average Bonchev–Trinajstić information content (AvgIpc) is 2.64. The highest BCUT2D eigenvalue weighted by Crippen LogP contribution is 2.30. The lowest BCUT2D eigenvalue weighted by atomic mass is 9.79. The number of likely N-dealkylation sites (tertiary alicyclic amines) is 1. The van der Waals surface area contributed by atoms with Crippen LogP contribution in [0.25, 0.3) is 0 Å². The van der Waals surface area contributed by atoms with Crippen LogP contribution in [-0.4, -0.2) is 55.8 Å². The number of amides is 1. The van der Waals surface area contributed by atoms with Crippen molar-refractivity contribution in [3.63, 3.8) is 0 Å². The van der Waals surface area contributed by atoms with Crippen LogP contribution in [0.15, 0.2) is 29.2 Å². The van der Waals surface area contributed by atoms with Gasteiger partial charge >= 0.3 is 0 Å². The zero-order valence-electron chi connectivity index (χ0n) is 15.6. The molecule has 1 amide bonds. The van der Waals surface area contributed by atoms with E-state index in [0.717, 1.165) is 25.7 Å². The minimum Gasteiger partial charge on any atom is -0.338 e. The highest BCUT2D eigenvalue weighted by atomic mass is 32.2. The molecule has 2 heterocycles. The Morgan fingerprint density at radius 3 is 2.42 bits per heavy atom. The van der Waals surface area contributed by atoms with E-state index in [0.29, 0.717) is 26.2 Å². The molecule has 2 aliphatic rings. The van der Waals surface area contributed by atoms with Gasteiger partial charge in [-0.25, -0.2) is 8.42 Å². The van der Waals surface area contributed by atoms with Crippen LogP contribution < -0.4 is 5.73 Å². The van der Waals surface area contributed by atoms with Crippen LogP contribution in [0.4, 0.5) is 0 Å². The minimum atomic E-state index is -3.65. The molecule has 0 aromatic heterocycles. The molecule has 7 heteroatoms. The fourth-order valence-corrected chi connectivity index (χ4v) is 5.53. The molecule has 0 spiro atoms. The minimum absolute atomic E-state index is 0.0406. The lowest BCUT2D eigenvalue weighted by molar-refractivity contribution is 0.0529. The molecule has 0 aliphatic carbocycles. The van der Waals surface area contributed by atoms with Crippen molar-refractivity contribution in [1.29, 1.82) is 0 Å². The summed E-state index contributed by atoms with van der Waals surface area (Å²) in [6.45, 7) is 6.24. The average molecular weight is 380 g/mol. The monoisotopic (exact) mass is 379 g/mol. The summed E-state index contributed by atoms with van der Waals surface area (Å²) in [7, 11) is -3.65. The van der Waals surface area contributed by atoms with Crippen molar-refractivity contribution >= 4 is 15.9 Å². The number of sulfonamides is 1. The largest absolute Gasteiger partial charge is 0.338 e. The van der Waals surface area contributed by atoms with Crippen molar-refractivity contribution in [2.45, 2.75) is 50.5 Å². The van der Waals surface area contributed by atoms with E-state index in [-0.39, 0.29) is 27.8 Å². The first-order valence-electron chi connectivity index (χ1n) is 9.37. The second-order valence-corrected chi connectivity index (χ2v) is 9.98. The van der Waals surface area contributed by atoms with E-state index in [9.17, 15) is 13.2 Å². The summed E-state index contributed by atoms with van der Waals surface area (Å²) in [5.41, 5.74) is 6.25. The standard InChI is InChI=1S/C19H29N3O3S/c1-19(2)14-21(13-10-17(19)20)18(23)15-8-4-5-9-16(15)26(24,25)22-11-6-3-7-12-22/h4-5,8-9,17H,3,6-7,10-14,20H2,1-2H3. The summed E-state index contributed by atoms with van der Waals surface area (Å²) in [5.74, 6) is -0.221. The van der Waals surface area contributed by atoms with Crippen molar-refractivity contribution in [3.05, 3.63) is 29.8 Å². The van der Waals surface area contributed by atoms with E-state index in [1.807, 2.05) is 13.8 Å². The second-order valence-electron chi connectivity index (χ2n) is 8.07. The Morgan fingerprint density at radius 1 is 1.12 bits per heavy atom. The van der Waals surface area contributed by atoms with E-state index < -0.39 is 10.0 Å². The van der Waals surface area contributed by atoms with Gasteiger partial charge in [-0.2, -0.15) is 4.31 Å². The molecule has 2 aliphatic heterocycles. The van der Waals surface area contributed by atoms with Gasteiger partial charge in [0.2, 0.25) is 10.0 Å². The molecule has 2 fully saturated rings. The number of nitrogens with two attached hydrogens (primary N) is 1. The molecule has 144 valence electrons. The Kier molecular flexibility index (Phi) is 5.42. The van der Waals surface area contributed by atoms with Gasteiger partial charge in [0.05, 0.1) is 10.5 Å². The van der Waals surface area contributed by atoms with Gasteiger partial charge in [-0.1, -0.05) is 32.4 Å². The molecule has 26 heavy (non-hydrogen) atoms. The molecule has 1 aromatic rings. The molecule has 0 bridgehead atoms. The van der Waals surface area contributed by atoms with E-state index >= 15 is 0 Å². The maximum atomic E-state index is 13.1. The molecule has 0 saturated carbocycles. The number of benzene rings is 1. The maximum Gasteiger partial charge on any atom is 0.255 e. The molecule has 1 aromatic carbocycles. The third kappa shape index (κ3) is 3.66. The van der Waals surface area contributed by atoms with Crippen LogP contribution in [0.2, 0.25) is 0 Å². The Balaban J connectivity index is 1.91. The van der Waals surface area contributed by atoms with E-state index in [2.05, 4.69) is 0 Å². The van der Waals surface area contributed by atoms with Gasteiger partial charge in [0, 0.05) is 32.2 Å². The predicted octanol–water partition coefficient (Wildman–Crippen LogP) is 2.06. The number of carbonyl (C=O) groups excluding carboxylic acids is 1. The third-order valence-electron chi connectivity index (χ3n) is 5.65. The van der Waals surface area contributed by atoms with Crippen LogP contribution in [0, 0.1) is 5.41 Å². The van der Waals surface area contributed by atoms with Gasteiger partial charge in [0.15, 0.2) is 0 Å². The van der Waals surface area contributed by atoms with Crippen LogP contribution in [0.5, 0.6) is 0 Å². The quantitative estimate of drug-likeness (QED) is 0.871. The zero-order chi connectivity index (χ0) is 18.9.